The summed E-state index contributed by atoms with van der Waals surface area (Å²) in [7, 11) is 0. The van der Waals surface area contributed by atoms with E-state index in [0.717, 1.165) is 11.4 Å². The molecule has 0 aliphatic heterocycles. The van der Waals surface area contributed by atoms with Crippen LogP contribution in [0.2, 0.25) is 0 Å². The van der Waals surface area contributed by atoms with Crippen molar-refractivity contribution >= 4 is 29.1 Å². The molecule has 0 aliphatic carbocycles. The quantitative estimate of drug-likeness (QED) is 0.778. The lowest BCUT2D eigenvalue weighted by molar-refractivity contribution is -0.136. The number of nitrogens with zero attached hydrogens (tertiary/aromatic N) is 1. The second-order valence-electron chi connectivity index (χ2n) is 4.78. The summed E-state index contributed by atoms with van der Waals surface area (Å²) < 4.78 is 0. The molecule has 4 nitrogen and oxygen atoms in total. The maximum absolute atomic E-state index is 10.6. The van der Waals surface area contributed by atoms with Crippen molar-refractivity contribution in [2.45, 2.75) is 12.8 Å². The highest BCUT2D eigenvalue weighted by Gasteiger charge is 2.06. The number of H-pyrrole nitrogens is 1. The van der Waals surface area contributed by atoms with E-state index in [1.807, 2.05) is 12.1 Å². The zero-order valence-corrected chi connectivity index (χ0v) is 12.1. The van der Waals surface area contributed by atoms with Gasteiger partial charge in [0.2, 0.25) is 0 Å². The maximum Gasteiger partial charge on any atom is 0.309 e. The number of imidazole rings is 1. The molecule has 1 aromatic heterocycles. The number of carbonyl (C=O) groups is 1. The van der Waals surface area contributed by atoms with Crippen molar-refractivity contribution in [2.24, 2.45) is 0 Å². The van der Waals surface area contributed by atoms with Gasteiger partial charge in [0.1, 0.15) is 5.82 Å². The number of aliphatic carboxylic acids is 1. The number of nitrogens with one attached hydrogen (secondary N) is 1. The van der Waals surface area contributed by atoms with Crippen molar-refractivity contribution in [3.63, 3.8) is 0 Å². The molecule has 1 heterocycles. The third-order valence-corrected chi connectivity index (χ3v) is 3.21. The molecule has 0 fully saturated rings. The van der Waals surface area contributed by atoms with E-state index in [4.69, 9.17) is 5.11 Å². The maximum atomic E-state index is 10.6. The lowest BCUT2D eigenvalue weighted by Crippen LogP contribution is -2.00. The summed E-state index contributed by atoms with van der Waals surface area (Å²) in [5, 5.41) is 11.1. The highest BCUT2D eigenvalue weighted by atomic mass is 35.5. The lowest BCUT2D eigenvalue weighted by atomic mass is 10.1. The van der Waals surface area contributed by atoms with E-state index in [1.54, 1.807) is 6.20 Å². The Bertz CT molecular complexity index is 768. The lowest BCUT2D eigenvalue weighted by Gasteiger charge is -2.02. The second-order valence-corrected chi connectivity index (χ2v) is 4.78. The number of hydrogen-bond donors (Lipinski definition) is 2. The van der Waals surface area contributed by atoms with Gasteiger partial charge < -0.3 is 10.1 Å². The average molecular weight is 303 g/mol. The van der Waals surface area contributed by atoms with Gasteiger partial charge in [0.25, 0.3) is 0 Å². The van der Waals surface area contributed by atoms with Crippen LogP contribution in [-0.4, -0.2) is 21.0 Å². The van der Waals surface area contributed by atoms with Crippen molar-refractivity contribution in [3.05, 3.63) is 65.7 Å². The van der Waals surface area contributed by atoms with Crippen LogP contribution in [0.5, 0.6) is 0 Å². The number of benzene rings is 2. The Morgan fingerprint density at radius 3 is 2.67 bits per heavy atom. The molecule has 0 aliphatic rings. The Morgan fingerprint density at radius 1 is 1.14 bits per heavy atom. The number of carboxylic acid groups (broad SMARTS) is 1. The van der Waals surface area contributed by atoms with E-state index < -0.39 is 5.97 Å². The summed E-state index contributed by atoms with van der Waals surface area (Å²) in [6.07, 6.45) is 2.24. The number of halogens is 1. The van der Waals surface area contributed by atoms with Gasteiger partial charge in [0.05, 0.1) is 6.42 Å². The summed E-state index contributed by atoms with van der Waals surface area (Å²) in [5.74, 6) is -0.0672. The molecule has 0 saturated carbocycles. The second kappa shape index (κ2) is 6.41. The van der Waals surface area contributed by atoms with Crippen LogP contribution in [-0.2, 0) is 17.6 Å². The molecule has 0 bridgehead atoms. The van der Waals surface area contributed by atoms with Crippen molar-refractivity contribution in [1.29, 1.82) is 0 Å². The SMILES string of the molecule is Cl.O=C(O)Cc1cnc(Cc2ccc3ccccc3c2)[nH]1. The number of aromatic nitrogens is 2. The molecule has 5 heteroatoms. The van der Waals surface area contributed by atoms with Gasteiger partial charge in [0, 0.05) is 18.3 Å². The van der Waals surface area contributed by atoms with Crippen molar-refractivity contribution in [2.75, 3.05) is 0 Å². The minimum atomic E-state index is -0.856. The standard InChI is InChI=1S/C16H14N2O2.ClH/c19-16(20)9-14-10-17-15(18-14)8-11-5-6-12-3-1-2-4-13(12)7-11;/h1-7,10H,8-9H2,(H,17,18)(H,19,20);1H. The summed E-state index contributed by atoms with van der Waals surface area (Å²) in [6.45, 7) is 0. The molecular formula is C16H15ClN2O2. The molecule has 108 valence electrons. The largest absolute Gasteiger partial charge is 0.481 e. The van der Waals surface area contributed by atoms with Gasteiger partial charge in [-0.05, 0) is 16.3 Å². The molecule has 21 heavy (non-hydrogen) atoms. The first-order valence-electron chi connectivity index (χ1n) is 6.43. The van der Waals surface area contributed by atoms with Crippen molar-refractivity contribution in [3.8, 4) is 0 Å². The molecule has 3 rings (SSSR count). The van der Waals surface area contributed by atoms with Crippen LogP contribution >= 0.6 is 12.4 Å². The minimum Gasteiger partial charge on any atom is -0.481 e. The Balaban J connectivity index is 0.00000161. The van der Waals surface area contributed by atoms with Gasteiger partial charge in [-0.15, -0.1) is 12.4 Å². The monoisotopic (exact) mass is 302 g/mol. The normalized spacial score (nSPS) is 10.3. The number of fused-ring (bicyclic) bond motifs is 1. The molecule has 3 aromatic rings. The summed E-state index contributed by atoms with van der Waals surface area (Å²) >= 11 is 0. The number of rotatable bonds is 4. The Kier molecular flexibility index (Phi) is 4.60. The zero-order chi connectivity index (χ0) is 13.9. The molecule has 0 radical (unpaired) electrons. The van der Waals surface area contributed by atoms with Gasteiger partial charge in [0.15, 0.2) is 0 Å². The van der Waals surface area contributed by atoms with E-state index in [2.05, 4.69) is 40.3 Å². The molecule has 0 amide bonds. The Morgan fingerprint density at radius 2 is 1.90 bits per heavy atom. The minimum absolute atomic E-state index is 0. The van der Waals surface area contributed by atoms with E-state index in [1.165, 1.54) is 10.8 Å². The highest BCUT2D eigenvalue weighted by molar-refractivity contribution is 5.85. The predicted octanol–water partition coefficient (Wildman–Crippen LogP) is 3.20. The summed E-state index contributed by atoms with van der Waals surface area (Å²) in [4.78, 5) is 17.9. The van der Waals surface area contributed by atoms with Crippen LogP contribution in [0.25, 0.3) is 10.8 Å². The average Bonchev–Trinajstić information content (AvgIpc) is 2.85. The van der Waals surface area contributed by atoms with Crippen LogP contribution < -0.4 is 0 Å². The van der Waals surface area contributed by atoms with Gasteiger partial charge in [-0.1, -0.05) is 42.5 Å². The topological polar surface area (TPSA) is 66.0 Å². The molecule has 2 N–H and O–H groups in total. The summed E-state index contributed by atoms with van der Waals surface area (Å²) in [6, 6.07) is 14.5. The van der Waals surface area contributed by atoms with Gasteiger partial charge in [-0.25, -0.2) is 4.98 Å². The first-order valence-corrected chi connectivity index (χ1v) is 6.43. The third kappa shape index (κ3) is 3.61. The van der Waals surface area contributed by atoms with Crippen LogP contribution in [0.4, 0.5) is 0 Å². The molecule has 0 saturated heterocycles. The molecular weight excluding hydrogens is 288 g/mol. The zero-order valence-electron chi connectivity index (χ0n) is 11.2. The molecule has 2 aromatic carbocycles. The molecule has 0 spiro atoms. The van der Waals surface area contributed by atoms with E-state index in [0.29, 0.717) is 12.1 Å². The van der Waals surface area contributed by atoms with E-state index in [-0.39, 0.29) is 18.8 Å². The molecule has 0 unspecified atom stereocenters. The number of hydrogen-bond acceptors (Lipinski definition) is 2. The smallest absolute Gasteiger partial charge is 0.309 e. The fraction of sp³-hybridized carbons (Fsp3) is 0.125. The predicted molar refractivity (Wildman–Crippen MR) is 83.9 cm³/mol. The third-order valence-electron chi connectivity index (χ3n) is 3.21. The van der Waals surface area contributed by atoms with Crippen LogP contribution in [0.3, 0.4) is 0 Å². The number of aromatic amines is 1. The summed E-state index contributed by atoms with van der Waals surface area (Å²) in [5.41, 5.74) is 1.79. The van der Waals surface area contributed by atoms with E-state index >= 15 is 0 Å². The van der Waals surface area contributed by atoms with E-state index in [9.17, 15) is 4.79 Å². The fourth-order valence-electron chi connectivity index (χ4n) is 2.29. The van der Waals surface area contributed by atoms with Crippen molar-refractivity contribution < 1.29 is 9.90 Å². The number of carboxylic acids is 1. The first kappa shape index (κ1) is 15.1. The molecule has 0 atom stereocenters. The van der Waals surface area contributed by atoms with Gasteiger partial charge >= 0.3 is 5.97 Å². The Labute approximate surface area is 128 Å². The van der Waals surface area contributed by atoms with Crippen LogP contribution in [0.1, 0.15) is 17.1 Å². The van der Waals surface area contributed by atoms with Crippen molar-refractivity contribution in [1.82, 2.24) is 9.97 Å². The van der Waals surface area contributed by atoms with Gasteiger partial charge in [-0.3, -0.25) is 4.79 Å². The highest BCUT2D eigenvalue weighted by Crippen LogP contribution is 2.17. The van der Waals surface area contributed by atoms with Crippen LogP contribution in [0, 0.1) is 0 Å². The first-order chi connectivity index (χ1) is 9.70. The Hall–Kier alpha value is -2.33. The fourth-order valence-corrected chi connectivity index (χ4v) is 2.29. The van der Waals surface area contributed by atoms with Crippen LogP contribution in [0.15, 0.2) is 48.7 Å². The van der Waals surface area contributed by atoms with Gasteiger partial charge in [-0.2, -0.15) is 0 Å².